The minimum Gasteiger partial charge on any atom is -0.444 e. The summed E-state index contributed by atoms with van der Waals surface area (Å²) in [5.41, 5.74) is -6.20. The molecule has 528 valence electrons. The van der Waals surface area contributed by atoms with E-state index in [-0.39, 0.29) is 5.75 Å². The summed E-state index contributed by atoms with van der Waals surface area (Å²) in [5.74, 6) is 1.38. The Balaban J connectivity index is 1.91. The molecule has 12 N–H and O–H groups in total. The molecule has 3 saturated heterocycles. The summed E-state index contributed by atoms with van der Waals surface area (Å²) in [6.07, 6.45) is -29.2. The van der Waals surface area contributed by atoms with E-state index < -0.39 is 206 Å². The van der Waals surface area contributed by atoms with Crippen molar-refractivity contribution < 1.29 is 116 Å². The molecule has 4 rings (SSSR count). The molecular weight excluding hydrogens is 1240 g/mol. The summed E-state index contributed by atoms with van der Waals surface area (Å²) in [6, 6.07) is -6.23. The highest BCUT2D eigenvalue weighted by atomic mass is 32.2. The third-order valence-electron chi connectivity index (χ3n) is 13.5. The normalized spacial score (nSPS) is 31.7. The van der Waals surface area contributed by atoms with Crippen LogP contribution in [0.4, 0.5) is 28.8 Å². The molecule has 1 unspecified atom stereocenters. The highest BCUT2D eigenvalue weighted by molar-refractivity contribution is 7.99. The van der Waals surface area contributed by atoms with Crippen molar-refractivity contribution in [2.45, 2.75) is 307 Å². The average molecular weight is 1350 g/mol. The fourth-order valence-electron chi connectivity index (χ4n) is 9.81. The van der Waals surface area contributed by atoms with Gasteiger partial charge in [-0.1, -0.05) is 12.8 Å². The topological polar surface area (TPSA) is 407 Å². The van der Waals surface area contributed by atoms with Gasteiger partial charge in [-0.2, -0.15) is 24.4 Å². The highest BCUT2D eigenvalue weighted by Crippen LogP contribution is 2.37. The van der Waals surface area contributed by atoms with Gasteiger partial charge in [-0.25, -0.2) is 28.8 Å². The Hall–Kier alpha value is -4.16. The van der Waals surface area contributed by atoms with Gasteiger partial charge in [0.25, 0.3) is 0 Å². The van der Waals surface area contributed by atoms with Crippen molar-refractivity contribution in [3.8, 4) is 0 Å². The van der Waals surface area contributed by atoms with Gasteiger partial charge in [-0.3, -0.25) is 0 Å². The van der Waals surface area contributed by atoms with Crippen molar-refractivity contribution >= 4 is 61.0 Å². The Morgan fingerprint density at radius 2 is 0.758 bits per heavy atom. The van der Waals surface area contributed by atoms with Crippen LogP contribution >= 0.6 is 24.4 Å². The largest absolute Gasteiger partial charge is 0.444 e. The third-order valence-corrected chi connectivity index (χ3v) is 14.9. The Kier molecular flexibility index (Phi) is 29.2. The molecule has 32 heteroatoms. The van der Waals surface area contributed by atoms with Gasteiger partial charge in [0, 0.05) is 18.8 Å². The molecule has 3 aliphatic heterocycles. The lowest BCUT2D eigenvalue weighted by molar-refractivity contribution is -0.310. The Bertz CT molecular complexity index is 2340. The van der Waals surface area contributed by atoms with Crippen molar-refractivity contribution in [3.05, 3.63) is 0 Å². The van der Waals surface area contributed by atoms with Gasteiger partial charge in [0.05, 0.1) is 18.2 Å². The summed E-state index contributed by atoms with van der Waals surface area (Å²) in [6.45, 7) is 27.9. The number of carbonyl (C=O) groups excluding carboxylic acids is 6. The molecule has 3 heterocycles. The lowest BCUT2D eigenvalue weighted by Gasteiger charge is -2.49. The minimum absolute atomic E-state index is 0.0749. The molecule has 4 fully saturated rings. The first-order valence-electron chi connectivity index (χ1n) is 30.8. The minimum atomic E-state index is -1.97. The molecule has 0 bridgehead atoms. The lowest BCUT2D eigenvalue weighted by Crippen LogP contribution is -2.70. The molecule has 6 amide bonds. The first-order valence-corrected chi connectivity index (χ1v) is 32.6. The standard InChI is InChI=1S/C59H106N6O24S2/c1-54(2,3)84-48(72)60-26-31-37(67)39(69)34(64-52(76)88-58(13,14)15)45(78-31)81-42-30(63-51(75)87-57(10,11)12)25-29(62-50(74)86-56(7,8)9)36(66)44(42)83-47-41(71)43(33(80-47)28-91-24-22-20-19-21-23-90)82-46-35(65-53(77)89-59(16,17)18)40(70)38(68)32(79-46)27-61-49(73)85-55(4,5)6/h29-47,66-71,90H,19-28H2,1-18H3,(H,60,72)(H,61,73)(H,62,74)(H,63,75)(H,64,76)(H,65,77)/t29-,30+,31-,32-,33-,34-,35?,36+,37+,38+,39-,40-,41-,42-,43-,44-,45+,46+,47+/m1/s1. The van der Waals surface area contributed by atoms with Gasteiger partial charge in [0.1, 0.15) is 113 Å². The zero-order valence-electron chi connectivity index (χ0n) is 55.9. The predicted octanol–water partition coefficient (Wildman–Crippen LogP) is 3.73. The number of aliphatic hydroxyl groups is 6. The van der Waals surface area contributed by atoms with Gasteiger partial charge >= 0.3 is 36.6 Å². The number of unbranched alkanes of at least 4 members (excludes halogenated alkanes) is 3. The van der Waals surface area contributed by atoms with Crippen LogP contribution in [0.1, 0.15) is 157 Å². The fraction of sp³-hybridized carbons (Fsp3) is 0.898. The van der Waals surface area contributed by atoms with Crippen molar-refractivity contribution in [3.63, 3.8) is 0 Å². The van der Waals surface area contributed by atoms with Gasteiger partial charge in [0.15, 0.2) is 18.9 Å². The second kappa shape index (κ2) is 33.5. The number of hydrogen-bond acceptors (Lipinski definition) is 26. The maximum Gasteiger partial charge on any atom is 0.408 e. The van der Waals surface area contributed by atoms with Gasteiger partial charge in [0.2, 0.25) is 0 Å². The smallest absolute Gasteiger partial charge is 0.408 e. The van der Waals surface area contributed by atoms with Crippen LogP contribution in [0.3, 0.4) is 0 Å². The molecule has 0 aromatic rings. The second-order valence-electron chi connectivity index (χ2n) is 28.9. The monoisotopic (exact) mass is 1350 g/mol. The molecular formula is C59H106N6O24S2. The molecule has 1 saturated carbocycles. The van der Waals surface area contributed by atoms with Crippen LogP contribution in [0.5, 0.6) is 0 Å². The molecule has 1 aliphatic carbocycles. The van der Waals surface area contributed by atoms with Gasteiger partial charge in [-0.05, 0) is 155 Å². The molecule has 0 aromatic carbocycles. The van der Waals surface area contributed by atoms with Crippen molar-refractivity contribution in [1.82, 2.24) is 31.9 Å². The van der Waals surface area contributed by atoms with Crippen molar-refractivity contribution in [2.24, 2.45) is 0 Å². The maximum atomic E-state index is 14.0. The molecule has 19 atom stereocenters. The summed E-state index contributed by atoms with van der Waals surface area (Å²) < 4.78 is 72.3. The Morgan fingerprint density at radius 3 is 1.16 bits per heavy atom. The number of ether oxygens (including phenoxy) is 12. The van der Waals surface area contributed by atoms with E-state index in [9.17, 15) is 59.4 Å². The highest BCUT2D eigenvalue weighted by Gasteiger charge is 2.57. The number of amides is 6. The van der Waals surface area contributed by atoms with Gasteiger partial charge in [-0.15, -0.1) is 0 Å². The number of nitrogens with one attached hydrogen (secondary N) is 6. The van der Waals surface area contributed by atoms with E-state index in [0.29, 0.717) is 11.5 Å². The SMILES string of the molecule is CC(C)(C)OC(=O)NC[C@H]1O[C@@H](O[C@H]2[C@H](O[C@@H]3O[C@H](CSCCCCCCS)[C@@H](O[C@@H]4O[C@H](CNC(=O)OC(C)(C)C)[C@H](O)[C@H](O)C4NC(=O)OC(C)(C)C)[C@H]3O)[C@@H](O)[C@H](NC(=O)OC(C)(C)C)C[C@@H]2NC(=O)OC(C)(C)C)[C@H](NC(=O)OC(C)(C)C)[C@@H](O)[C@H]1O. The molecule has 0 spiro atoms. The zero-order valence-corrected chi connectivity index (χ0v) is 57.6. The quantitative estimate of drug-likeness (QED) is 0.0417. The number of carbonyl (C=O) groups is 6. The summed E-state index contributed by atoms with van der Waals surface area (Å²) >= 11 is 5.74. The van der Waals surface area contributed by atoms with Gasteiger partial charge < -0.3 is 119 Å². The molecule has 0 aromatic heterocycles. The number of thioether (sulfide) groups is 1. The van der Waals surface area contributed by atoms with Crippen LogP contribution in [0.2, 0.25) is 0 Å². The van der Waals surface area contributed by atoms with E-state index in [1.807, 2.05) is 0 Å². The summed E-state index contributed by atoms with van der Waals surface area (Å²) in [5, 5.41) is 87.6. The molecule has 4 aliphatic rings. The first-order chi connectivity index (χ1) is 41.7. The van der Waals surface area contributed by atoms with Crippen LogP contribution in [0.15, 0.2) is 0 Å². The Labute approximate surface area is 544 Å². The summed E-state index contributed by atoms with van der Waals surface area (Å²) in [4.78, 5) is 80.6. The second-order valence-corrected chi connectivity index (χ2v) is 30.5. The third kappa shape index (κ3) is 27.2. The number of rotatable bonds is 22. The number of aliphatic hydroxyl groups excluding tert-OH is 6. The lowest BCUT2D eigenvalue weighted by atomic mass is 9.83. The molecule has 91 heavy (non-hydrogen) atoms. The van der Waals surface area contributed by atoms with Crippen LogP contribution in [0, 0.1) is 0 Å². The fourth-order valence-corrected chi connectivity index (χ4v) is 11.1. The van der Waals surface area contributed by atoms with Crippen LogP contribution in [0.25, 0.3) is 0 Å². The van der Waals surface area contributed by atoms with E-state index in [1.54, 1.807) is 125 Å². The van der Waals surface area contributed by atoms with Crippen LogP contribution in [-0.4, -0.2) is 247 Å². The number of thiol groups is 1. The average Bonchev–Trinajstić information content (AvgIpc) is 1.73. The summed E-state index contributed by atoms with van der Waals surface area (Å²) in [7, 11) is 0. The number of alkyl carbamates (subject to hydrolysis) is 6. The van der Waals surface area contributed by atoms with E-state index >= 15 is 0 Å². The predicted molar refractivity (Wildman–Crippen MR) is 332 cm³/mol. The molecule has 0 radical (unpaired) electrons. The van der Waals surface area contributed by atoms with E-state index in [4.69, 9.17) is 56.8 Å². The van der Waals surface area contributed by atoms with Crippen molar-refractivity contribution in [1.29, 1.82) is 0 Å². The van der Waals surface area contributed by atoms with E-state index in [1.165, 1.54) is 11.8 Å². The first kappa shape index (κ1) is 79.3. The van der Waals surface area contributed by atoms with Crippen LogP contribution < -0.4 is 31.9 Å². The van der Waals surface area contributed by atoms with E-state index in [2.05, 4.69) is 44.5 Å². The van der Waals surface area contributed by atoms with E-state index in [0.717, 1.165) is 25.7 Å². The number of hydrogen-bond donors (Lipinski definition) is 13. The van der Waals surface area contributed by atoms with Crippen molar-refractivity contribution in [2.75, 3.05) is 30.3 Å². The zero-order chi connectivity index (χ0) is 68.9. The van der Waals surface area contributed by atoms with Crippen LogP contribution in [-0.2, 0) is 56.8 Å². The molecule has 30 nitrogen and oxygen atoms in total. The maximum absolute atomic E-state index is 14.0. The Morgan fingerprint density at radius 1 is 0.407 bits per heavy atom.